The molecule has 0 N–H and O–H groups in total. The van der Waals surface area contributed by atoms with Crippen molar-refractivity contribution in [1.29, 1.82) is 0 Å². The Kier molecular flexibility index (Phi) is 4.97. The lowest BCUT2D eigenvalue weighted by atomic mass is 9.81. The Morgan fingerprint density at radius 3 is 2.53 bits per heavy atom. The first-order chi connectivity index (χ1) is 9.00. The second-order valence-corrected chi connectivity index (χ2v) is 7.22. The number of rotatable bonds is 3. The van der Waals surface area contributed by atoms with Crippen LogP contribution >= 0.6 is 12.6 Å². The number of aryl methyl sites for hydroxylation is 1. The molecule has 1 nitrogen and oxygen atoms in total. The van der Waals surface area contributed by atoms with E-state index in [-0.39, 0.29) is 0 Å². The predicted octanol–water partition coefficient (Wildman–Crippen LogP) is 4.03. The molecule has 106 valence electrons. The Morgan fingerprint density at radius 1 is 1.21 bits per heavy atom. The normalized spacial score (nSPS) is 18.7. The summed E-state index contributed by atoms with van der Waals surface area (Å²) >= 11 is 4.56. The zero-order valence-electron chi connectivity index (χ0n) is 12.5. The molecular formula is C17H27NS. The van der Waals surface area contributed by atoms with E-state index >= 15 is 0 Å². The number of thiol groups is 1. The molecule has 2 rings (SSSR count). The molecule has 0 amide bonds. The van der Waals surface area contributed by atoms with Crippen molar-refractivity contribution >= 4 is 12.6 Å². The van der Waals surface area contributed by atoms with E-state index in [1.807, 2.05) is 0 Å². The molecule has 0 spiro atoms. The van der Waals surface area contributed by atoms with Crippen LogP contribution < -0.4 is 0 Å². The van der Waals surface area contributed by atoms with Crippen molar-refractivity contribution in [2.45, 2.75) is 40.2 Å². The first kappa shape index (κ1) is 14.9. The van der Waals surface area contributed by atoms with Gasteiger partial charge >= 0.3 is 0 Å². The third-order valence-corrected chi connectivity index (χ3v) is 4.80. The Labute approximate surface area is 123 Å². The molecule has 0 fully saturated rings. The zero-order chi connectivity index (χ0) is 13.9. The third-order valence-electron chi connectivity index (χ3n) is 4.36. The van der Waals surface area contributed by atoms with Crippen molar-refractivity contribution in [2.75, 3.05) is 18.8 Å². The molecule has 0 saturated carbocycles. The molecule has 1 heterocycles. The summed E-state index contributed by atoms with van der Waals surface area (Å²) in [7, 11) is 0. The molecule has 19 heavy (non-hydrogen) atoms. The van der Waals surface area contributed by atoms with E-state index in [2.05, 4.69) is 62.6 Å². The van der Waals surface area contributed by atoms with Crippen molar-refractivity contribution in [1.82, 2.24) is 4.90 Å². The minimum atomic E-state index is 0.341. The number of nitrogens with zero attached hydrogens (tertiary/aromatic N) is 1. The summed E-state index contributed by atoms with van der Waals surface area (Å²) in [5.41, 5.74) is 3.41. The lowest BCUT2D eigenvalue weighted by Gasteiger charge is -2.34. The minimum absolute atomic E-state index is 0.341. The topological polar surface area (TPSA) is 3.24 Å². The Bertz CT molecular complexity index is 408. The van der Waals surface area contributed by atoms with E-state index in [1.54, 1.807) is 5.56 Å². The van der Waals surface area contributed by atoms with Crippen LogP contribution in [0.4, 0.5) is 0 Å². The van der Waals surface area contributed by atoms with Crippen molar-refractivity contribution in [3.05, 3.63) is 35.4 Å². The van der Waals surface area contributed by atoms with Gasteiger partial charge in [-0.25, -0.2) is 0 Å². The maximum atomic E-state index is 4.56. The van der Waals surface area contributed by atoms with Gasteiger partial charge in [-0.2, -0.15) is 12.6 Å². The highest BCUT2D eigenvalue weighted by Crippen LogP contribution is 2.29. The number of benzene rings is 1. The molecule has 1 aliphatic rings. The van der Waals surface area contributed by atoms with E-state index in [0.717, 1.165) is 12.3 Å². The van der Waals surface area contributed by atoms with Gasteiger partial charge in [-0.1, -0.05) is 45.0 Å². The van der Waals surface area contributed by atoms with Crippen molar-refractivity contribution in [3.63, 3.8) is 0 Å². The van der Waals surface area contributed by atoms with Crippen LogP contribution in [0.1, 0.15) is 38.3 Å². The van der Waals surface area contributed by atoms with E-state index < -0.39 is 0 Å². The van der Waals surface area contributed by atoms with Gasteiger partial charge in [0.25, 0.3) is 0 Å². The highest BCUT2D eigenvalue weighted by atomic mass is 32.1. The van der Waals surface area contributed by atoms with Crippen molar-refractivity contribution in [2.24, 2.45) is 11.3 Å². The molecule has 0 radical (unpaired) electrons. The summed E-state index contributed by atoms with van der Waals surface area (Å²) in [6, 6.07) is 8.92. The van der Waals surface area contributed by atoms with Crippen LogP contribution in [0.2, 0.25) is 0 Å². The van der Waals surface area contributed by atoms with Gasteiger partial charge in [-0.15, -0.1) is 0 Å². The summed E-state index contributed by atoms with van der Waals surface area (Å²) in [5, 5.41) is 0. The summed E-state index contributed by atoms with van der Waals surface area (Å²) in [5.74, 6) is 1.63. The molecule has 1 aromatic rings. The van der Waals surface area contributed by atoms with Crippen LogP contribution in [0.25, 0.3) is 0 Å². The summed E-state index contributed by atoms with van der Waals surface area (Å²) in [4.78, 5) is 2.62. The third kappa shape index (κ3) is 4.00. The van der Waals surface area contributed by atoms with Crippen LogP contribution in [-0.2, 0) is 13.0 Å². The molecule has 1 aromatic carbocycles. The SMILES string of the molecule is CC(C)(C)C(CS)CN1CCCc2ccccc2C1. The standard InChI is InChI=1S/C17H27NS/c1-17(2,3)16(13-19)12-18-10-6-9-14-7-4-5-8-15(14)11-18/h4-5,7-8,16,19H,6,9-13H2,1-3H3. The van der Waals surface area contributed by atoms with Crippen molar-refractivity contribution in [3.8, 4) is 0 Å². The van der Waals surface area contributed by atoms with Gasteiger partial charge in [0.15, 0.2) is 0 Å². The van der Waals surface area contributed by atoms with Crippen molar-refractivity contribution < 1.29 is 0 Å². The lowest BCUT2D eigenvalue weighted by molar-refractivity contribution is 0.161. The summed E-state index contributed by atoms with van der Waals surface area (Å²) in [6.45, 7) is 10.5. The molecule has 2 heteroatoms. The molecule has 0 aliphatic carbocycles. The number of hydrogen-bond acceptors (Lipinski definition) is 2. The van der Waals surface area contributed by atoms with Gasteiger partial charge in [0.05, 0.1) is 0 Å². The second-order valence-electron chi connectivity index (χ2n) is 6.85. The Morgan fingerprint density at radius 2 is 1.89 bits per heavy atom. The first-order valence-corrected chi connectivity index (χ1v) is 8.04. The summed E-state index contributed by atoms with van der Waals surface area (Å²) in [6.07, 6.45) is 2.51. The van der Waals surface area contributed by atoms with Gasteiger partial charge in [0.1, 0.15) is 0 Å². The van der Waals surface area contributed by atoms with Crippen LogP contribution in [0.5, 0.6) is 0 Å². The minimum Gasteiger partial charge on any atom is -0.299 e. The van der Waals surface area contributed by atoms with Crippen LogP contribution in [-0.4, -0.2) is 23.7 Å². The van der Waals surface area contributed by atoms with Gasteiger partial charge in [-0.05, 0) is 47.6 Å². The molecule has 0 bridgehead atoms. The maximum Gasteiger partial charge on any atom is 0.0236 e. The fourth-order valence-corrected chi connectivity index (χ4v) is 3.50. The molecule has 0 aromatic heterocycles. The van der Waals surface area contributed by atoms with Gasteiger partial charge in [0.2, 0.25) is 0 Å². The lowest BCUT2D eigenvalue weighted by Crippen LogP contribution is -2.36. The molecule has 0 saturated heterocycles. The number of hydrogen-bond donors (Lipinski definition) is 1. The maximum absolute atomic E-state index is 4.56. The fraction of sp³-hybridized carbons (Fsp3) is 0.647. The Hall–Kier alpha value is -0.470. The van der Waals surface area contributed by atoms with Gasteiger partial charge in [0, 0.05) is 13.1 Å². The summed E-state index contributed by atoms with van der Waals surface area (Å²) < 4.78 is 0. The van der Waals surface area contributed by atoms with E-state index in [9.17, 15) is 0 Å². The monoisotopic (exact) mass is 277 g/mol. The number of fused-ring (bicyclic) bond motifs is 1. The van der Waals surface area contributed by atoms with Gasteiger partial charge in [-0.3, -0.25) is 4.90 Å². The highest BCUT2D eigenvalue weighted by molar-refractivity contribution is 7.80. The smallest absolute Gasteiger partial charge is 0.0236 e. The molecule has 1 atom stereocenters. The van der Waals surface area contributed by atoms with Crippen LogP contribution in [0.3, 0.4) is 0 Å². The average Bonchev–Trinajstić information content (AvgIpc) is 2.56. The van der Waals surface area contributed by atoms with E-state index in [1.165, 1.54) is 31.5 Å². The van der Waals surface area contributed by atoms with Gasteiger partial charge < -0.3 is 0 Å². The average molecular weight is 277 g/mol. The van der Waals surface area contributed by atoms with E-state index in [4.69, 9.17) is 0 Å². The molecule has 1 unspecified atom stereocenters. The van der Waals surface area contributed by atoms with E-state index in [0.29, 0.717) is 11.3 Å². The quantitative estimate of drug-likeness (QED) is 0.817. The first-order valence-electron chi connectivity index (χ1n) is 7.40. The second kappa shape index (κ2) is 6.32. The van der Waals surface area contributed by atoms with Crippen LogP contribution in [0, 0.1) is 11.3 Å². The fourth-order valence-electron chi connectivity index (χ4n) is 2.84. The van der Waals surface area contributed by atoms with Crippen LogP contribution in [0.15, 0.2) is 24.3 Å². The molecule has 1 aliphatic heterocycles. The highest BCUT2D eigenvalue weighted by Gasteiger charge is 2.26. The largest absolute Gasteiger partial charge is 0.299 e. The zero-order valence-corrected chi connectivity index (χ0v) is 13.4. The Balaban J connectivity index is 2.06. The predicted molar refractivity (Wildman–Crippen MR) is 86.8 cm³/mol. The molecular weight excluding hydrogens is 250 g/mol.